The Labute approximate surface area is 412 Å². The van der Waals surface area contributed by atoms with Crippen LogP contribution in [-0.4, -0.2) is 0 Å². The lowest BCUT2D eigenvalue weighted by atomic mass is 9.77. The summed E-state index contributed by atoms with van der Waals surface area (Å²) in [5.41, 5.74) is 17.1. The molecule has 0 saturated carbocycles. The van der Waals surface area contributed by atoms with E-state index in [1.54, 1.807) is 0 Å². The van der Waals surface area contributed by atoms with Crippen LogP contribution in [0.4, 0.5) is 17.1 Å². The molecule has 14 rings (SSSR count). The van der Waals surface area contributed by atoms with E-state index in [0.717, 1.165) is 50.1 Å². The monoisotopic (exact) mass is 905 g/mol. The standard InChI is InChI=1S/C69H47NO/c1-69(2)39-11-14-51-40-52-42-64-58-16-7-6-15-57(58)63-41-50(31-38-59(63)65(64)43-62(52)67(51)69)48-23-21-45(22-24-48)47-27-34-54(35-28-47)70(53-32-25-46(26-33-53)44-12-4-3-5-13-44)55-36-29-49(30-37-55)56-18-10-19-61-60-17-8-9-20-66(60)71-68(56)61/h3-43H,1-2H3. The van der Waals surface area contributed by atoms with Crippen molar-refractivity contribution in [1.82, 2.24) is 0 Å². The molecule has 12 aromatic rings. The topological polar surface area (TPSA) is 16.4 Å². The molecule has 0 saturated heterocycles. The van der Waals surface area contributed by atoms with Crippen LogP contribution in [-0.2, 0) is 0 Å². The molecule has 2 aliphatic rings. The van der Waals surface area contributed by atoms with E-state index in [-0.39, 0.29) is 5.41 Å². The summed E-state index contributed by atoms with van der Waals surface area (Å²) >= 11 is 0. The largest absolute Gasteiger partial charge is 0.455 e. The summed E-state index contributed by atoms with van der Waals surface area (Å²) in [6.07, 6.45) is 9.19. The number of allylic oxidation sites excluding steroid dienone is 4. The van der Waals surface area contributed by atoms with Gasteiger partial charge in [0, 0.05) is 38.8 Å². The molecule has 1 aromatic heterocycles. The van der Waals surface area contributed by atoms with E-state index in [4.69, 9.17) is 4.42 Å². The first-order valence-electron chi connectivity index (χ1n) is 24.6. The first-order chi connectivity index (χ1) is 34.9. The number of benzene rings is 11. The van der Waals surface area contributed by atoms with Crippen molar-refractivity contribution >= 4 is 83.0 Å². The predicted molar refractivity (Wildman–Crippen MR) is 301 cm³/mol. The zero-order valence-corrected chi connectivity index (χ0v) is 39.5. The van der Waals surface area contributed by atoms with Crippen LogP contribution in [0, 0.1) is 5.41 Å². The SMILES string of the molecule is CC1(C)C=CC=C2C=c3cc4c5ccccc5c5cc(-c6ccc(-c7ccc(N(c8ccc(-c9ccccc9)cc8)c8ccc(-c9cccc%10c9oc9ccccc9%10)cc8)cc7)cc6)ccc5c4cc3=C21. The van der Waals surface area contributed by atoms with Gasteiger partial charge in [-0.15, -0.1) is 0 Å². The van der Waals surface area contributed by atoms with Gasteiger partial charge in [0.2, 0.25) is 0 Å². The van der Waals surface area contributed by atoms with Crippen molar-refractivity contribution in [1.29, 1.82) is 0 Å². The van der Waals surface area contributed by atoms with Gasteiger partial charge >= 0.3 is 0 Å². The second kappa shape index (κ2) is 16.1. The summed E-state index contributed by atoms with van der Waals surface area (Å²) in [7, 11) is 0. The van der Waals surface area contributed by atoms with E-state index < -0.39 is 0 Å². The maximum atomic E-state index is 6.43. The molecule has 0 N–H and O–H groups in total. The van der Waals surface area contributed by atoms with Crippen LogP contribution in [0.25, 0.3) is 110 Å². The van der Waals surface area contributed by atoms with E-state index >= 15 is 0 Å². The Bertz CT molecular complexity index is 4310. The Morgan fingerprint density at radius 2 is 0.873 bits per heavy atom. The molecule has 2 heteroatoms. The lowest BCUT2D eigenvalue weighted by Gasteiger charge is -2.26. The minimum atomic E-state index is -0.0219. The highest BCUT2D eigenvalue weighted by Crippen LogP contribution is 2.43. The Hall–Kier alpha value is -8.98. The van der Waals surface area contributed by atoms with Gasteiger partial charge in [-0.3, -0.25) is 0 Å². The summed E-state index contributed by atoms with van der Waals surface area (Å²) in [5, 5.41) is 12.7. The number of furan rings is 1. The predicted octanol–water partition coefficient (Wildman–Crippen LogP) is 17.7. The van der Waals surface area contributed by atoms with Gasteiger partial charge in [-0.05, 0) is 160 Å². The van der Waals surface area contributed by atoms with Crippen molar-refractivity contribution in [2.24, 2.45) is 5.41 Å². The molecule has 0 unspecified atom stereocenters. The minimum absolute atomic E-state index is 0.0219. The van der Waals surface area contributed by atoms with Gasteiger partial charge in [-0.2, -0.15) is 0 Å². The fraction of sp³-hybridized carbons (Fsp3) is 0.0435. The molecule has 0 atom stereocenters. The summed E-state index contributed by atoms with van der Waals surface area (Å²) in [4.78, 5) is 2.34. The molecular formula is C69H47NO. The van der Waals surface area contributed by atoms with Gasteiger partial charge in [0.15, 0.2) is 0 Å². The van der Waals surface area contributed by atoms with Crippen molar-refractivity contribution in [3.8, 4) is 44.5 Å². The molecule has 2 aliphatic carbocycles. The van der Waals surface area contributed by atoms with Crippen LogP contribution in [0.2, 0.25) is 0 Å². The maximum absolute atomic E-state index is 6.43. The van der Waals surface area contributed by atoms with Crippen LogP contribution < -0.4 is 15.3 Å². The number of rotatable bonds is 7. The molecule has 1 heterocycles. The number of anilines is 3. The quantitative estimate of drug-likeness (QED) is 0.148. The molecule has 0 radical (unpaired) electrons. The first-order valence-corrected chi connectivity index (χ1v) is 24.6. The van der Waals surface area contributed by atoms with Gasteiger partial charge in [0.05, 0.1) is 0 Å². The van der Waals surface area contributed by atoms with E-state index in [9.17, 15) is 0 Å². The van der Waals surface area contributed by atoms with Crippen molar-refractivity contribution in [3.05, 3.63) is 259 Å². The Kier molecular flexibility index (Phi) is 9.28. The third-order valence-electron chi connectivity index (χ3n) is 15.1. The average molecular weight is 906 g/mol. The van der Waals surface area contributed by atoms with Crippen molar-refractivity contribution in [3.63, 3.8) is 0 Å². The number of hydrogen-bond acceptors (Lipinski definition) is 2. The summed E-state index contributed by atoms with van der Waals surface area (Å²) < 4.78 is 6.43. The van der Waals surface area contributed by atoms with Gasteiger partial charge in [-0.1, -0.05) is 196 Å². The Morgan fingerprint density at radius 3 is 1.54 bits per heavy atom. The lowest BCUT2D eigenvalue weighted by molar-refractivity contribution is 0.644. The second-order valence-electron chi connectivity index (χ2n) is 19.7. The van der Waals surface area contributed by atoms with Gasteiger partial charge in [-0.25, -0.2) is 0 Å². The van der Waals surface area contributed by atoms with Crippen LogP contribution in [0.15, 0.2) is 253 Å². The first kappa shape index (κ1) is 41.0. The van der Waals surface area contributed by atoms with E-state index in [2.05, 4.69) is 255 Å². The van der Waals surface area contributed by atoms with E-state index in [0.29, 0.717) is 0 Å². The summed E-state index contributed by atoms with van der Waals surface area (Å²) in [5.74, 6) is 0. The van der Waals surface area contributed by atoms with Gasteiger partial charge in [0.25, 0.3) is 0 Å². The number of para-hydroxylation sites is 2. The Balaban J connectivity index is 0.800. The Morgan fingerprint density at radius 1 is 0.380 bits per heavy atom. The highest BCUT2D eigenvalue weighted by Gasteiger charge is 2.28. The normalized spacial score (nSPS) is 13.7. The smallest absolute Gasteiger partial charge is 0.143 e. The molecule has 0 amide bonds. The summed E-state index contributed by atoms with van der Waals surface area (Å²) in [6.45, 7) is 4.66. The van der Waals surface area contributed by atoms with Crippen LogP contribution in [0.1, 0.15) is 13.8 Å². The molecule has 71 heavy (non-hydrogen) atoms. The van der Waals surface area contributed by atoms with Crippen molar-refractivity contribution in [2.75, 3.05) is 4.90 Å². The molecule has 11 aromatic carbocycles. The van der Waals surface area contributed by atoms with Crippen molar-refractivity contribution in [2.45, 2.75) is 13.8 Å². The van der Waals surface area contributed by atoms with Crippen LogP contribution in [0.3, 0.4) is 0 Å². The number of hydrogen-bond donors (Lipinski definition) is 0. The van der Waals surface area contributed by atoms with Crippen LogP contribution in [0.5, 0.6) is 0 Å². The van der Waals surface area contributed by atoms with Crippen molar-refractivity contribution < 1.29 is 4.42 Å². The third kappa shape index (κ3) is 6.78. The molecule has 0 aliphatic heterocycles. The zero-order chi connectivity index (χ0) is 47.2. The lowest BCUT2D eigenvalue weighted by Crippen LogP contribution is -2.27. The number of fused-ring (bicyclic) bond motifs is 11. The van der Waals surface area contributed by atoms with E-state index in [1.165, 1.54) is 87.3 Å². The highest BCUT2D eigenvalue weighted by atomic mass is 16.3. The van der Waals surface area contributed by atoms with E-state index in [1.807, 2.05) is 12.1 Å². The zero-order valence-electron chi connectivity index (χ0n) is 39.5. The maximum Gasteiger partial charge on any atom is 0.143 e. The minimum Gasteiger partial charge on any atom is -0.455 e. The molecule has 334 valence electrons. The molecule has 2 nitrogen and oxygen atoms in total. The highest BCUT2D eigenvalue weighted by molar-refractivity contribution is 6.26. The number of nitrogens with zero attached hydrogens (tertiary/aromatic N) is 1. The fourth-order valence-electron chi connectivity index (χ4n) is 11.6. The molecule has 0 bridgehead atoms. The third-order valence-corrected chi connectivity index (χ3v) is 15.1. The van der Waals surface area contributed by atoms with Gasteiger partial charge < -0.3 is 9.32 Å². The van der Waals surface area contributed by atoms with Crippen LogP contribution >= 0.6 is 0 Å². The van der Waals surface area contributed by atoms with Gasteiger partial charge in [0.1, 0.15) is 11.2 Å². The second-order valence-corrected chi connectivity index (χ2v) is 19.7. The molecule has 0 fully saturated rings. The molecular weight excluding hydrogens is 859 g/mol. The average Bonchev–Trinajstić information content (AvgIpc) is 4.00. The molecule has 0 spiro atoms. The summed E-state index contributed by atoms with van der Waals surface area (Å²) in [6, 6.07) is 81.9. The fourth-order valence-corrected chi connectivity index (χ4v) is 11.6.